The maximum absolute atomic E-state index is 12.3. The molecule has 0 aliphatic carbocycles. The van der Waals surface area contributed by atoms with E-state index in [1.54, 1.807) is 36.2 Å². The van der Waals surface area contributed by atoms with Gasteiger partial charge in [0.25, 0.3) is 0 Å². The molecule has 9 heteroatoms. The lowest BCUT2D eigenvalue weighted by Gasteiger charge is -2.16. The quantitative estimate of drug-likeness (QED) is 0.344. The Morgan fingerprint density at radius 1 is 0.865 bits per heavy atom. The summed E-state index contributed by atoms with van der Waals surface area (Å²) in [4.78, 5) is 16.4. The van der Waals surface area contributed by atoms with Crippen LogP contribution in [0.5, 0.6) is 5.75 Å². The number of hydrogen-bond acceptors (Lipinski definition) is 7. The van der Waals surface area contributed by atoms with E-state index in [2.05, 4.69) is 20.5 Å². The third kappa shape index (κ3) is 3.88. The van der Waals surface area contributed by atoms with Crippen molar-refractivity contribution < 1.29 is 9.53 Å². The van der Waals surface area contributed by atoms with Gasteiger partial charge < -0.3 is 15.8 Å². The number of aromatic nitrogens is 5. The smallest absolute Gasteiger partial charge is 0.249 e. The maximum Gasteiger partial charge on any atom is 0.249 e. The van der Waals surface area contributed by atoms with Crippen molar-refractivity contribution in [1.29, 1.82) is 0 Å². The number of methoxy groups -OCH3 is 1. The van der Waals surface area contributed by atoms with Gasteiger partial charge in [0.1, 0.15) is 5.75 Å². The fraction of sp³-hybridized carbons (Fsp3) is 0.0357. The van der Waals surface area contributed by atoms with Crippen LogP contribution in [0.25, 0.3) is 38.9 Å². The van der Waals surface area contributed by atoms with Crippen molar-refractivity contribution in [2.75, 3.05) is 12.4 Å². The molecule has 0 saturated carbocycles. The first-order valence-corrected chi connectivity index (χ1v) is 11.5. The summed E-state index contributed by atoms with van der Waals surface area (Å²) in [6, 6.07) is 24.5. The lowest BCUT2D eigenvalue weighted by molar-refractivity contribution is 0.100. The van der Waals surface area contributed by atoms with Crippen molar-refractivity contribution in [3.8, 4) is 28.3 Å². The van der Waals surface area contributed by atoms with Crippen molar-refractivity contribution in [3.63, 3.8) is 0 Å². The molecule has 0 saturated heterocycles. The third-order valence-corrected chi connectivity index (χ3v) is 6.16. The molecule has 9 nitrogen and oxygen atoms in total. The van der Waals surface area contributed by atoms with Gasteiger partial charge in [0.2, 0.25) is 5.91 Å². The fourth-order valence-corrected chi connectivity index (χ4v) is 4.41. The number of hydrogen-bond donors (Lipinski definition) is 2. The van der Waals surface area contributed by atoms with E-state index in [0.717, 1.165) is 27.6 Å². The van der Waals surface area contributed by atoms with Crippen LogP contribution in [0.3, 0.4) is 0 Å². The van der Waals surface area contributed by atoms with E-state index in [1.807, 2.05) is 66.7 Å². The monoisotopic (exact) mass is 487 g/mol. The van der Waals surface area contributed by atoms with Gasteiger partial charge in [0, 0.05) is 45.5 Å². The number of nitrogens with two attached hydrogens (primary N) is 1. The molecule has 0 aliphatic heterocycles. The Bertz CT molecular complexity index is 1760. The van der Waals surface area contributed by atoms with Gasteiger partial charge in [-0.25, -0.2) is 0 Å². The van der Waals surface area contributed by atoms with E-state index in [0.29, 0.717) is 34.1 Å². The van der Waals surface area contributed by atoms with Gasteiger partial charge >= 0.3 is 0 Å². The summed E-state index contributed by atoms with van der Waals surface area (Å²) < 4.78 is 7.00. The highest BCUT2D eigenvalue weighted by Crippen LogP contribution is 2.35. The molecule has 0 atom stereocenters. The average molecular weight is 488 g/mol. The topological polar surface area (TPSA) is 120 Å². The molecular formula is C28H21N7O2. The van der Waals surface area contributed by atoms with Crippen molar-refractivity contribution in [2.24, 2.45) is 5.73 Å². The summed E-state index contributed by atoms with van der Waals surface area (Å²) in [7, 11) is 1.63. The SMILES string of the molecule is COc1ccc(-c2nnc3c4ccccc4c(Nc4cccc(C(N)=O)c4-c4ccncc4)nn23)cc1. The molecule has 3 N–H and O–H groups in total. The molecule has 180 valence electrons. The van der Waals surface area contributed by atoms with Crippen LogP contribution in [0, 0.1) is 0 Å². The number of nitrogens with zero attached hydrogens (tertiary/aromatic N) is 5. The number of pyridine rings is 1. The summed E-state index contributed by atoms with van der Waals surface area (Å²) in [5.74, 6) is 1.39. The molecule has 37 heavy (non-hydrogen) atoms. The maximum atomic E-state index is 12.3. The van der Waals surface area contributed by atoms with Crippen LogP contribution >= 0.6 is 0 Å². The molecule has 1 amide bonds. The van der Waals surface area contributed by atoms with Crippen LogP contribution in [0.2, 0.25) is 0 Å². The van der Waals surface area contributed by atoms with Gasteiger partial charge in [-0.2, -0.15) is 4.52 Å². The fourth-order valence-electron chi connectivity index (χ4n) is 4.41. The number of ether oxygens (including phenoxy) is 1. The van der Waals surface area contributed by atoms with Gasteiger partial charge in [-0.15, -0.1) is 15.3 Å². The van der Waals surface area contributed by atoms with E-state index in [4.69, 9.17) is 15.6 Å². The predicted molar refractivity (Wildman–Crippen MR) is 142 cm³/mol. The van der Waals surface area contributed by atoms with E-state index < -0.39 is 5.91 Å². The van der Waals surface area contributed by atoms with Gasteiger partial charge in [0.05, 0.1) is 7.11 Å². The van der Waals surface area contributed by atoms with E-state index in [1.165, 1.54) is 0 Å². The van der Waals surface area contributed by atoms with Crippen LogP contribution in [0.4, 0.5) is 11.5 Å². The first-order chi connectivity index (χ1) is 18.1. The molecule has 0 aliphatic rings. The zero-order valence-corrected chi connectivity index (χ0v) is 19.8. The second kappa shape index (κ2) is 9.04. The molecule has 0 spiro atoms. The van der Waals surface area contributed by atoms with E-state index >= 15 is 0 Å². The highest BCUT2D eigenvalue weighted by Gasteiger charge is 2.19. The third-order valence-electron chi connectivity index (χ3n) is 6.16. The Morgan fingerprint density at radius 2 is 1.62 bits per heavy atom. The Balaban J connectivity index is 1.56. The molecule has 6 aromatic rings. The van der Waals surface area contributed by atoms with Crippen molar-refractivity contribution in [2.45, 2.75) is 0 Å². The molecule has 3 heterocycles. The minimum absolute atomic E-state index is 0.393. The van der Waals surface area contributed by atoms with Crippen LogP contribution in [0.15, 0.2) is 91.3 Å². The molecule has 3 aromatic heterocycles. The Labute approximate surface area is 211 Å². The minimum atomic E-state index is -0.524. The number of carbonyl (C=O) groups is 1. The summed E-state index contributed by atoms with van der Waals surface area (Å²) in [6.45, 7) is 0. The van der Waals surface area contributed by atoms with Crippen molar-refractivity contribution in [3.05, 3.63) is 96.8 Å². The molecule has 0 unspecified atom stereocenters. The molecule has 6 rings (SSSR count). The van der Waals surface area contributed by atoms with Crippen LogP contribution < -0.4 is 15.8 Å². The van der Waals surface area contributed by atoms with Gasteiger partial charge in [-0.3, -0.25) is 9.78 Å². The van der Waals surface area contributed by atoms with E-state index in [9.17, 15) is 4.79 Å². The second-order valence-electron chi connectivity index (χ2n) is 8.33. The number of amides is 1. The molecule has 0 radical (unpaired) electrons. The molecule has 0 fully saturated rings. The number of carbonyl (C=O) groups excluding carboxylic acids is 1. The Hall–Kier alpha value is -5.31. The highest BCUT2D eigenvalue weighted by atomic mass is 16.5. The summed E-state index contributed by atoms with van der Waals surface area (Å²) >= 11 is 0. The zero-order valence-electron chi connectivity index (χ0n) is 19.8. The van der Waals surface area contributed by atoms with Crippen LogP contribution in [0.1, 0.15) is 10.4 Å². The molecule has 3 aromatic carbocycles. The largest absolute Gasteiger partial charge is 0.497 e. The standard InChI is InChI=1S/C28H21N7O2/c1-37-19-11-9-18(10-12-19)27-32-33-28-21-6-3-2-5-20(21)26(34-35(27)28)31-23-8-4-7-22(25(29)36)24(23)17-13-15-30-16-14-17/h2-16H,1H3,(H2,29,36)(H,31,34). The summed E-state index contributed by atoms with van der Waals surface area (Å²) in [6.07, 6.45) is 3.35. The second-order valence-corrected chi connectivity index (χ2v) is 8.33. The molecule has 0 bridgehead atoms. The van der Waals surface area contributed by atoms with E-state index in [-0.39, 0.29) is 0 Å². The van der Waals surface area contributed by atoms with Crippen molar-refractivity contribution >= 4 is 33.8 Å². The van der Waals surface area contributed by atoms with Crippen molar-refractivity contribution in [1.82, 2.24) is 24.8 Å². The Kier molecular flexibility index (Phi) is 5.42. The summed E-state index contributed by atoms with van der Waals surface area (Å²) in [5.41, 5.74) is 9.76. The van der Waals surface area contributed by atoms with Gasteiger partial charge in [0.15, 0.2) is 17.3 Å². The number of anilines is 2. The molecular weight excluding hydrogens is 466 g/mol. The minimum Gasteiger partial charge on any atom is -0.497 e. The number of nitrogens with one attached hydrogen (secondary N) is 1. The lowest BCUT2D eigenvalue weighted by Crippen LogP contribution is -2.13. The van der Waals surface area contributed by atoms with Gasteiger partial charge in [-0.05, 0) is 54.1 Å². The normalized spacial score (nSPS) is 11.1. The summed E-state index contributed by atoms with van der Waals surface area (Å²) in [5, 5.41) is 19.0. The number of fused-ring (bicyclic) bond motifs is 3. The first kappa shape index (κ1) is 22.2. The number of benzene rings is 3. The Morgan fingerprint density at radius 3 is 2.35 bits per heavy atom. The average Bonchev–Trinajstić information content (AvgIpc) is 3.37. The van der Waals surface area contributed by atoms with Gasteiger partial charge in [-0.1, -0.05) is 30.3 Å². The first-order valence-electron chi connectivity index (χ1n) is 11.5. The van der Waals surface area contributed by atoms with Crippen LogP contribution in [-0.2, 0) is 0 Å². The van der Waals surface area contributed by atoms with Crippen LogP contribution in [-0.4, -0.2) is 37.8 Å². The number of rotatable bonds is 6. The number of primary amides is 1. The zero-order chi connectivity index (χ0) is 25.4. The highest BCUT2D eigenvalue weighted by molar-refractivity contribution is 6.05. The lowest BCUT2D eigenvalue weighted by atomic mass is 9.98. The predicted octanol–water partition coefficient (Wildman–Crippen LogP) is 4.86.